The number of anilines is 1. The van der Waals surface area contributed by atoms with Gasteiger partial charge < -0.3 is 15.0 Å². The number of nitrogens with one attached hydrogen (secondary N) is 2. The van der Waals surface area contributed by atoms with Gasteiger partial charge in [0.1, 0.15) is 5.82 Å². The van der Waals surface area contributed by atoms with Crippen molar-refractivity contribution in [1.29, 1.82) is 0 Å². The van der Waals surface area contributed by atoms with E-state index >= 15 is 0 Å². The number of fused-ring (bicyclic) bond motifs is 1. The van der Waals surface area contributed by atoms with Crippen molar-refractivity contribution in [2.24, 2.45) is 0 Å². The number of rotatable bonds is 4. The summed E-state index contributed by atoms with van der Waals surface area (Å²) < 4.78 is 5.12. The SMILES string of the molecule is COc1cccc(C(C)Nc2ccc3nc[nH]c(=O)c3n2)n1. The van der Waals surface area contributed by atoms with Crippen LogP contribution >= 0.6 is 0 Å². The van der Waals surface area contributed by atoms with Crippen LogP contribution < -0.4 is 15.6 Å². The molecule has 3 aromatic rings. The first-order valence-electron chi connectivity index (χ1n) is 6.79. The molecule has 0 radical (unpaired) electrons. The summed E-state index contributed by atoms with van der Waals surface area (Å²) in [7, 11) is 1.58. The first-order valence-corrected chi connectivity index (χ1v) is 6.79. The Morgan fingerprint density at radius 3 is 2.91 bits per heavy atom. The Kier molecular flexibility index (Phi) is 3.69. The predicted molar refractivity (Wildman–Crippen MR) is 83.0 cm³/mol. The molecule has 0 saturated heterocycles. The fourth-order valence-electron chi connectivity index (χ4n) is 2.11. The van der Waals surface area contributed by atoms with Crippen LogP contribution in [-0.4, -0.2) is 27.0 Å². The Balaban J connectivity index is 1.88. The third-order valence-electron chi connectivity index (χ3n) is 3.25. The molecule has 0 aliphatic rings. The molecule has 0 saturated carbocycles. The van der Waals surface area contributed by atoms with Gasteiger partial charge >= 0.3 is 0 Å². The Labute approximate surface area is 126 Å². The smallest absolute Gasteiger partial charge is 0.277 e. The molecule has 0 amide bonds. The minimum absolute atomic E-state index is 0.0872. The molecule has 0 bridgehead atoms. The molecule has 112 valence electrons. The summed E-state index contributed by atoms with van der Waals surface area (Å²) in [5.74, 6) is 1.14. The highest BCUT2D eigenvalue weighted by atomic mass is 16.5. The third-order valence-corrected chi connectivity index (χ3v) is 3.25. The Bertz CT molecular complexity index is 862. The second-order valence-corrected chi connectivity index (χ2v) is 4.77. The third kappa shape index (κ3) is 2.73. The second kappa shape index (κ2) is 5.80. The molecule has 7 nitrogen and oxygen atoms in total. The van der Waals surface area contributed by atoms with Crippen molar-refractivity contribution < 1.29 is 4.74 Å². The minimum atomic E-state index is -0.263. The van der Waals surface area contributed by atoms with E-state index in [9.17, 15) is 4.79 Å². The van der Waals surface area contributed by atoms with Gasteiger partial charge in [-0.15, -0.1) is 0 Å². The van der Waals surface area contributed by atoms with E-state index in [1.54, 1.807) is 25.3 Å². The Morgan fingerprint density at radius 1 is 1.23 bits per heavy atom. The Hall–Kier alpha value is -2.96. The highest BCUT2D eigenvalue weighted by Crippen LogP contribution is 2.19. The molecule has 1 unspecified atom stereocenters. The van der Waals surface area contributed by atoms with Gasteiger partial charge in [-0.05, 0) is 25.1 Å². The van der Waals surface area contributed by atoms with Crippen LogP contribution in [0.1, 0.15) is 18.7 Å². The molecule has 3 heterocycles. The number of methoxy groups -OCH3 is 1. The largest absolute Gasteiger partial charge is 0.481 e. The average molecular weight is 297 g/mol. The summed E-state index contributed by atoms with van der Waals surface area (Å²) in [6.45, 7) is 1.96. The molecular weight excluding hydrogens is 282 g/mol. The fourth-order valence-corrected chi connectivity index (χ4v) is 2.11. The highest BCUT2D eigenvalue weighted by Gasteiger charge is 2.10. The molecule has 7 heteroatoms. The van der Waals surface area contributed by atoms with Crippen molar-refractivity contribution in [2.75, 3.05) is 12.4 Å². The van der Waals surface area contributed by atoms with E-state index in [0.29, 0.717) is 22.7 Å². The fraction of sp³-hybridized carbons (Fsp3) is 0.200. The normalized spacial score (nSPS) is 12.1. The van der Waals surface area contributed by atoms with Crippen LogP contribution in [0.4, 0.5) is 5.82 Å². The monoisotopic (exact) mass is 297 g/mol. The van der Waals surface area contributed by atoms with Gasteiger partial charge in [-0.2, -0.15) is 0 Å². The number of H-pyrrole nitrogens is 1. The van der Waals surface area contributed by atoms with Gasteiger partial charge in [0.2, 0.25) is 5.88 Å². The standard InChI is InChI=1S/C15H15N5O2/c1-9(10-4-3-5-13(19-10)22-2)18-12-7-6-11-14(20-12)15(21)17-8-16-11/h3-9H,1-2H3,(H,18,20)(H,16,17,21). The summed E-state index contributed by atoms with van der Waals surface area (Å²) in [6.07, 6.45) is 1.36. The quantitative estimate of drug-likeness (QED) is 0.764. The maximum atomic E-state index is 11.8. The van der Waals surface area contributed by atoms with E-state index in [4.69, 9.17) is 4.74 Å². The minimum Gasteiger partial charge on any atom is -0.481 e. The van der Waals surface area contributed by atoms with E-state index in [2.05, 4.69) is 25.3 Å². The summed E-state index contributed by atoms with van der Waals surface area (Å²) in [4.78, 5) is 27.0. The second-order valence-electron chi connectivity index (χ2n) is 4.77. The number of hydrogen-bond donors (Lipinski definition) is 2. The van der Waals surface area contributed by atoms with Gasteiger partial charge in [0, 0.05) is 6.07 Å². The van der Waals surface area contributed by atoms with E-state index in [1.807, 2.05) is 19.1 Å². The van der Waals surface area contributed by atoms with Crippen molar-refractivity contribution in [3.8, 4) is 5.88 Å². The average Bonchev–Trinajstić information content (AvgIpc) is 2.55. The number of pyridine rings is 2. The number of ether oxygens (including phenoxy) is 1. The predicted octanol–water partition coefficient (Wildman–Crippen LogP) is 1.89. The molecule has 1 atom stereocenters. The molecule has 3 aromatic heterocycles. The summed E-state index contributed by atoms with van der Waals surface area (Å²) in [6, 6.07) is 9.01. The zero-order chi connectivity index (χ0) is 15.5. The van der Waals surface area contributed by atoms with E-state index in [1.165, 1.54) is 6.33 Å². The topological polar surface area (TPSA) is 92.8 Å². The molecule has 3 rings (SSSR count). The van der Waals surface area contributed by atoms with Crippen LogP contribution in [0.5, 0.6) is 5.88 Å². The van der Waals surface area contributed by atoms with Crippen LogP contribution in [0.15, 0.2) is 41.5 Å². The first kappa shape index (κ1) is 14.0. The van der Waals surface area contributed by atoms with Crippen LogP contribution in [0.25, 0.3) is 11.0 Å². The van der Waals surface area contributed by atoms with Crippen LogP contribution in [-0.2, 0) is 0 Å². The molecule has 0 fully saturated rings. The molecule has 0 aliphatic heterocycles. The number of aromatic nitrogens is 4. The van der Waals surface area contributed by atoms with Crippen LogP contribution in [0, 0.1) is 0 Å². The van der Waals surface area contributed by atoms with Crippen molar-refractivity contribution >= 4 is 16.9 Å². The zero-order valence-corrected chi connectivity index (χ0v) is 12.2. The van der Waals surface area contributed by atoms with Gasteiger partial charge in [0.05, 0.1) is 30.7 Å². The van der Waals surface area contributed by atoms with E-state index in [-0.39, 0.29) is 11.6 Å². The van der Waals surface area contributed by atoms with Crippen molar-refractivity contribution in [3.05, 3.63) is 52.7 Å². The molecule has 0 aromatic carbocycles. The lowest BCUT2D eigenvalue weighted by Gasteiger charge is -2.14. The first-order chi connectivity index (χ1) is 10.7. The summed E-state index contributed by atoms with van der Waals surface area (Å²) >= 11 is 0. The van der Waals surface area contributed by atoms with Crippen LogP contribution in [0.2, 0.25) is 0 Å². The molecule has 0 aliphatic carbocycles. The van der Waals surface area contributed by atoms with Gasteiger partial charge in [-0.25, -0.2) is 15.0 Å². The maximum Gasteiger partial charge on any atom is 0.277 e. The lowest BCUT2D eigenvalue weighted by atomic mass is 10.2. The van der Waals surface area contributed by atoms with Crippen LogP contribution in [0.3, 0.4) is 0 Å². The summed E-state index contributed by atoms with van der Waals surface area (Å²) in [5, 5.41) is 3.22. The molecule has 2 N–H and O–H groups in total. The summed E-state index contributed by atoms with van der Waals surface area (Å²) in [5.41, 5.74) is 1.42. The number of aromatic amines is 1. The van der Waals surface area contributed by atoms with Crippen molar-refractivity contribution in [2.45, 2.75) is 13.0 Å². The number of hydrogen-bond acceptors (Lipinski definition) is 6. The van der Waals surface area contributed by atoms with Gasteiger partial charge in [-0.3, -0.25) is 4.79 Å². The van der Waals surface area contributed by atoms with Gasteiger partial charge in [0.15, 0.2) is 5.52 Å². The maximum absolute atomic E-state index is 11.8. The van der Waals surface area contributed by atoms with Crippen molar-refractivity contribution in [3.63, 3.8) is 0 Å². The Morgan fingerprint density at radius 2 is 2.09 bits per heavy atom. The molecular formula is C15H15N5O2. The zero-order valence-electron chi connectivity index (χ0n) is 12.2. The lowest BCUT2D eigenvalue weighted by Crippen LogP contribution is -2.12. The van der Waals surface area contributed by atoms with E-state index < -0.39 is 0 Å². The molecule has 22 heavy (non-hydrogen) atoms. The van der Waals surface area contributed by atoms with E-state index in [0.717, 1.165) is 5.69 Å². The lowest BCUT2D eigenvalue weighted by molar-refractivity contribution is 0.395. The van der Waals surface area contributed by atoms with Gasteiger partial charge in [0.25, 0.3) is 5.56 Å². The molecule has 0 spiro atoms. The van der Waals surface area contributed by atoms with Crippen molar-refractivity contribution in [1.82, 2.24) is 19.9 Å². The van der Waals surface area contributed by atoms with Gasteiger partial charge in [-0.1, -0.05) is 6.07 Å². The number of nitrogens with zero attached hydrogens (tertiary/aromatic N) is 3. The highest BCUT2D eigenvalue weighted by molar-refractivity contribution is 5.74.